The Morgan fingerprint density at radius 2 is 1.78 bits per heavy atom. The van der Waals surface area contributed by atoms with Crippen LogP contribution in [0.25, 0.3) is 0 Å². The van der Waals surface area contributed by atoms with E-state index in [4.69, 9.17) is 5.11 Å². The van der Waals surface area contributed by atoms with Gasteiger partial charge in [0.15, 0.2) is 0 Å². The van der Waals surface area contributed by atoms with Crippen molar-refractivity contribution in [3.8, 4) is 0 Å². The van der Waals surface area contributed by atoms with Crippen LogP contribution in [0.15, 0.2) is 0 Å². The van der Waals surface area contributed by atoms with Crippen molar-refractivity contribution < 1.29 is 14.7 Å². The third-order valence-corrected chi connectivity index (χ3v) is 4.51. The van der Waals surface area contributed by atoms with Gasteiger partial charge in [0.2, 0.25) is 5.91 Å². The van der Waals surface area contributed by atoms with E-state index in [-0.39, 0.29) is 17.4 Å². The third-order valence-electron chi connectivity index (χ3n) is 3.59. The number of rotatable bonds is 7. The molecule has 1 aliphatic carbocycles. The first kappa shape index (κ1) is 15.3. The monoisotopic (exact) mass is 273 g/mol. The molecule has 0 spiro atoms. The van der Waals surface area contributed by atoms with Gasteiger partial charge in [-0.1, -0.05) is 26.2 Å². The largest absolute Gasteiger partial charge is 0.481 e. The Morgan fingerprint density at radius 1 is 1.17 bits per heavy atom. The van der Waals surface area contributed by atoms with E-state index in [0.29, 0.717) is 5.92 Å². The minimum atomic E-state index is -0.870. The first-order valence-corrected chi connectivity index (χ1v) is 7.83. The standard InChI is InChI=1S/C13H23NO3S/c1-2-10-3-5-11(6-4-10)7-14-12(15)8-18-9-13(16)17/h10-11H,2-9H2,1H3,(H,14,15)(H,16,17). The van der Waals surface area contributed by atoms with E-state index in [2.05, 4.69) is 12.2 Å². The summed E-state index contributed by atoms with van der Waals surface area (Å²) in [5.41, 5.74) is 0. The van der Waals surface area contributed by atoms with Gasteiger partial charge in [-0.15, -0.1) is 11.8 Å². The van der Waals surface area contributed by atoms with Crippen LogP contribution in [0.3, 0.4) is 0 Å². The van der Waals surface area contributed by atoms with Gasteiger partial charge in [0, 0.05) is 6.54 Å². The van der Waals surface area contributed by atoms with Gasteiger partial charge < -0.3 is 10.4 Å². The van der Waals surface area contributed by atoms with E-state index in [0.717, 1.165) is 24.2 Å². The lowest BCUT2D eigenvalue weighted by atomic mass is 9.81. The minimum Gasteiger partial charge on any atom is -0.481 e. The van der Waals surface area contributed by atoms with Crippen LogP contribution in [0.4, 0.5) is 0 Å². The summed E-state index contributed by atoms with van der Waals surface area (Å²) in [5.74, 6) is 0.819. The zero-order valence-corrected chi connectivity index (χ0v) is 11.8. The number of carbonyl (C=O) groups excluding carboxylic acids is 1. The van der Waals surface area contributed by atoms with Crippen molar-refractivity contribution in [3.05, 3.63) is 0 Å². The number of amides is 1. The van der Waals surface area contributed by atoms with Crippen LogP contribution >= 0.6 is 11.8 Å². The van der Waals surface area contributed by atoms with Crippen LogP contribution in [0.5, 0.6) is 0 Å². The summed E-state index contributed by atoms with van der Waals surface area (Å²) in [4.78, 5) is 21.8. The fourth-order valence-electron chi connectivity index (χ4n) is 2.38. The predicted octanol–water partition coefficient (Wildman–Crippen LogP) is 2.14. The van der Waals surface area contributed by atoms with Gasteiger partial charge in [0.25, 0.3) is 0 Å². The summed E-state index contributed by atoms with van der Waals surface area (Å²) < 4.78 is 0. The average Bonchev–Trinajstić information content (AvgIpc) is 2.36. The second-order valence-electron chi connectivity index (χ2n) is 4.99. The Morgan fingerprint density at radius 3 is 2.33 bits per heavy atom. The molecule has 1 fully saturated rings. The zero-order valence-electron chi connectivity index (χ0n) is 11.0. The number of carboxylic acid groups (broad SMARTS) is 1. The maximum atomic E-state index is 11.5. The first-order chi connectivity index (χ1) is 8.61. The molecule has 0 unspecified atom stereocenters. The summed E-state index contributed by atoms with van der Waals surface area (Å²) in [6, 6.07) is 0. The van der Waals surface area contributed by atoms with Crippen molar-refractivity contribution in [2.45, 2.75) is 39.0 Å². The Kier molecular flexibility index (Phi) is 7.16. The molecule has 0 aliphatic heterocycles. The van der Waals surface area contributed by atoms with Crippen molar-refractivity contribution in [1.82, 2.24) is 5.32 Å². The highest BCUT2D eigenvalue weighted by molar-refractivity contribution is 8.00. The van der Waals surface area contributed by atoms with Gasteiger partial charge in [0.05, 0.1) is 11.5 Å². The summed E-state index contributed by atoms with van der Waals surface area (Å²) >= 11 is 1.15. The highest BCUT2D eigenvalue weighted by atomic mass is 32.2. The molecule has 1 saturated carbocycles. The first-order valence-electron chi connectivity index (χ1n) is 6.68. The van der Waals surface area contributed by atoms with Gasteiger partial charge >= 0.3 is 5.97 Å². The molecular weight excluding hydrogens is 250 g/mol. The number of aliphatic carboxylic acids is 1. The van der Waals surface area contributed by atoms with E-state index in [1.807, 2.05) is 0 Å². The van der Waals surface area contributed by atoms with E-state index < -0.39 is 5.97 Å². The topological polar surface area (TPSA) is 66.4 Å². The second-order valence-corrected chi connectivity index (χ2v) is 5.97. The van der Waals surface area contributed by atoms with Gasteiger partial charge in [-0.25, -0.2) is 0 Å². The second kappa shape index (κ2) is 8.40. The number of hydrogen-bond donors (Lipinski definition) is 2. The molecule has 5 heteroatoms. The molecular formula is C13H23NO3S. The smallest absolute Gasteiger partial charge is 0.313 e. The minimum absolute atomic E-state index is 0.00493. The molecule has 0 saturated heterocycles. The van der Waals surface area contributed by atoms with Gasteiger partial charge in [-0.05, 0) is 24.7 Å². The van der Waals surface area contributed by atoms with Crippen molar-refractivity contribution in [3.63, 3.8) is 0 Å². The Hall–Kier alpha value is -0.710. The Bertz CT molecular complexity index is 275. The van der Waals surface area contributed by atoms with Crippen LogP contribution in [0.1, 0.15) is 39.0 Å². The molecule has 1 rings (SSSR count). The van der Waals surface area contributed by atoms with Gasteiger partial charge in [-0.2, -0.15) is 0 Å². The molecule has 4 nitrogen and oxygen atoms in total. The molecule has 2 N–H and O–H groups in total. The molecule has 0 radical (unpaired) electrons. The maximum absolute atomic E-state index is 11.5. The van der Waals surface area contributed by atoms with E-state index in [1.165, 1.54) is 32.1 Å². The molecule has 18 heavy (non-hydrogen) atoms. The zero-order chi connectivity index (χ0) is 13.4. The fourth-order valence-corrected chi connectivity index (χ4v) is 2.95. The SMILES string of the molecule is CCC1CCC(CNC(=O)CSCC(=O)O)CC1. The molecule has 0 aromatic rings. The summed E-state index contributed by atoms with van der Waals surface area (Å²) in [6.45, 7) is 3.00. The quantitative estimate of drug-likeness (QED) is 0.746. The number of hydrogen-bond acceptors (Lipinski definition) is 3. The number of carboxylic acids is 1. The molecule has 0 bridgehead atoms. The number of carbonyl (C=O) groups is 2. The van der Waals surface area contributed by atoms with Gasteiger partial charge in [0.1, 0.15) is 0 Å². The van der Waals surface area contributed by atoms with Crippen LogP contribution in [-0.4, -0.2) is 35.0 Å². The van der Waals surface area contributed by atoms with Crippen LogP contribution < -0.4 is 5.32 Å². The highest BCUT2D eigenvalue weighted by Gasteiger charge is 2.20. The summed E-state index contributed by atoms with van der Waals surface area (Å²) in [6.07, 6.45) is 6.25. The molecule has 1 aliphatic rings. The average molecular weight is 273 g/mol. The Balaban J connectivity index is 2.06. The molecule has 0 aromatic heterocycles. The van der Waals surface area contributed by atoms with Crippen LogP contribution in [-0.2, 0) is 9.59 Å². The summed E-state index contributed by atoms with van der Waals surface area (Å²) in [5, 5.41) is 11.4. The fraction of sp³-hybridized carbons (Fsp3) is 0.846. The van der Waals surface area contributed by atoms with E-state index in [9.17, 15) is 9.59 Å². The van der Waals surface area contributed by atoms with Crippen molar-refractivity contribution in [2.24, 2.45) is 11.8 Å². The molecule has 0 heterocycles. The van der Waals surface area contributed by atoms with Crippen LogP contribution in [0.2, 0.25) is 0 Å². The molecule has 0 aromatic carbocycles. The lowest BCUT2D eigenvalue weighted by molar-refractivity contribution is -0.133. The van der Waals surface area contributed by atoms with Crippen molar-refractivity contribution >= 4 is 23.6 Å². The van der Waals surface area contributed by atoms with E-state index in [1.54, 1.807) is 0 Å². The molecule has 1 amide bonds. The van der Waals surface area contributed by atoms with Crippen molar-refractivity contribution in [2.75, 3.05) is 18.1 Å². The summed E-state index contributed by atoms with van der Waals surface area (Å²) in [7, 11) is 0. The normalized spacial score (nSPS) is 23.6. The van der Waals surface area contributed by atoms with Gasteiger partial charge in [-0.3, -0.25) is 9.59 Å². The van der Waals surface area contributed by atoms with Crippen molar-refractivity contribution in [1.29, 1.82) is 0 Å². The van der Waals surface area contributed by atoms with Crippen LogP contribution in [0, 0.1) is 11.8 Å². The maximum Gasteiger partial charge on any atom is 0.313 e. The van der Waals surface area contributed by atoms with E-state index >= 15 is 0 Å². The number of thioether (sulfide) groups is 1. The lowest BCUT2D eigenvalue weighted by Crippen LogP contribution is -2.32. The Labute approximate surface area is 113 Å². The molecule has 104 valence electrons. The lowest BCUT2D eigenvalue weighted by Gasteiger charge is -2.27. The molecule has 0 atom stereocenters. The third kappa shape index (κ3) is 6.28. The highest BCUT2D eigenvalue weighted by Crippen LogP contribution is 2.30. The number of nitrogens with one attached hydrogen (secondary N) is 1. The predicted molar refractivity (Wildman–Crippen MR) is 73.7 cm³/mol.